The molecule has 1 unspecified atom stereocenters. The van der Waals surface area contributed by atoms with E-state index in [0.29, 0.717) is 12.2 Å². The molecule has 5 heteroatoms. The number of fused-ring (bicyclic) bond motifs is 2. The fraction of sp³-hybridized carbons (Fsp3) is 0.364. The largest absolute Gasteiger partial charge is 0.361 e. The van der Waals surface area contributed by atoms with Gasteiger partial charge < -0.3 is 15.0 Å². The third kappa shape index (κ3) is 5.53. The van der Waals surface area contributed by atoms with Gasteiger partial charge in [-0.2, -0.15) is 5.26 Å². The van der Waals surface area contributed by atoms with E-state index in [-0.39, 0.29) is 5.82 Å². The van der Waals surface area contributed by atoms with Crippen LogP contribution in [0, 0.1) is 17.1 Å². The summed E-state index contributed by atoms with van der Waals surface area (Å²) in [7, 11) is 0. The Bertz CT molecular complexity index is 1420. The number of aromatic nitrogens is 1. The highest BCUT2D eigenvalue weighted by Gasteiger charge is 2.41. The number of rotatable bonds is 12. The summed E-state index contributed by atoms with van der Waals surface area (Å²) < 4.78 is 20.1. The molecule has 1 aliphatic rings. The van der Waals surface area contributed by atoms with Crippen molar-refractivity contribution in [2.45, 2.75) is 64.1 Å². The van der Waals surface area contributed by atoms with Crippen LogP contribution in [0.1, 0.15) is 72.4 Å². The van der Waals surface area contributed by atoms with Crippen molar-refractivity contribution in [1.29, 1.82) is 5.26 Å². The summed E-state index contributed by atoms with van der Waals surface area (Å²) in [5.41, 5.74) is 7.19. The molecule has 0 spiro atoms. The molecule has 1 atom stereocenters. The molecule has 0 fully saturated rings. The molecule has 38 heavy (non-hydrogen) atoms. The third-order valence-corrected chi connectivity index (χ3v) is 7.76. The van der Waals surface area contributed by atoms with E-state index >= 15 is 0 Å². The zero-order valence-corrected chi connectivity index (χ0v) is 22.2. The standard InChI is InChI=1S/C33H36FN3O/c1-2-6-24-9-15-32-30(20-24)26(22-37-32)7-5-18-36-17-4-3-16-33(28-10-12-29(34)13-11-28)31-14-8-25(21-35)19-27(31)23-38-33/h8-15,19-20,22,36-37H,2-7,16-18,23H2,1H3. The van der Waals surface area contributed by atoms with Gasteiger partial charge in [0.05, 0.1) is 18.2 Å². The van der Waals surface area contributed by atoms with Gasteiger partial charge in [-0.15, -0.1) is 0 Å². The Hall–Kier alpha value is -3.46. The fourth-order valence-electron chi connectivity index (χ4n) is 5.79. The van der Waals surface area contributed by atoms with Crippen LogP contribution in [-0.4, -0.2) is 18.1 Å². The smallest absolute Gasteiger partial charge is 0.123 e. The van der Waals surface area contributed by atoms with Gasteiger partial charge >= 0.3 is 0 Å². The normalized spacial score (nSPS) is 16.6. The average molecular weight is 510 g/mol. The molecule has 3 aromatic carbocycles. The van der Waals surface area contributed by atoms with Crippen LogP contribution in [0.2, 0.25) is 0 Å². The molecule has 0 saturated carbocycles. The van der Waals surface area contributed by atoms with E-state index in [4.69, 9.17) is 4.74 Å². The van der Waals surface area contributed by atoms with Gasteiger partial charge in [0.1, 0.15) is 11.4 Å². The van der Waals surface area contributed by atoms with E-state index in [1.807, 2.05) is 30.3 Å². The first-order valence-electron chi connectivity index (χ1n) is 13.9. The third-order valence-electron chi connectivity index (χ3n) is 7.76. The maximum Gasteiger partial charge on any atom is 0.123 e. The van der Waals surface area contributed by atoms with Gasteiger partial charge in [-0.05, 0) is 116 Å². The van der Waals surface area contributed by atoms with E-state index in [0.717, 1.165) is 68.3 Å². The first-order chi connectivity index (χ1) is 18.6. The molecule has 0 aliphatic carbocycles. The number of benzene rings is 3. The maximum absolute atomic E-state index is 13.7. The SMILES string of the molecule is CCCc1ccc2[nH]cc(CCCNCCCCC3(c4ccc(F)cc4)OCc4cc(C#N)ccc43)c2c1. The second-order valence-corrected chi connectivity index (χ2v) is 10.4. The molecule has 196 valence electrons. The summed E-state index contributed by atoms with van der Waals surface area (Å²) in [6, 6.07) is 21.4. The summed E-state index contributed by atoms with van der Waals surface area (Å²) in [6.45, 7) is 4.63. The number of halogens is 1. The Morgan fingerprint density at radius 2 is 1.84 bits per heavy atom. The van der Waals surface area contributed by atoms with Crippen LogP contribution in [0.15, 0.2) is 66.9 Å². The Morgan fingerprint density at radius 3 is 2.66 bits per heavy atom. The lowest BCUT2D eigenvalue weighted by Gasteiger charge is -2.30. The van der Waals surface area contributed by atoms with Crippen molar-refractivity contribution in [3.8, 4) is 6.07 Å². The van der Waals surface area contributed by atoms with Crippen LogP contribution in [0.25, 0.3) is 10.9 Å². The van der Waals surface area contributed by atoms with Crippen LogP contribution in [0.3, 0.4) is 0 Å². The molecular weight excluding hydrogens is 473 g/mol. The summed E-state index contributed by atoms with van der Waals surface area (Å²) >= 11 is 0. The lowest BCUT2D eigenvalue weighted by Crippen LogP contribution is -2.27. The van der Waals surface area contributed by atoms with Crippen molar-refractivity contribution in [2.75, 3.05) is 13.1 Å². The molecule has 1 aromatic heterocycles. The molecule has 2 heterocycles. The van der Waals surface area contributed by atoms with Crippen molar-refractivity contribution < 1.29 is 9.13 Å². The Balaban J connectivity index is 1.13. The molecule has 0 amide bonds. The number of hydrogen-bond acceptors (Lipinski definition) is 3. The zero-order valence-electron chi connectivity index (χ0n) is 22.2. The lowest BCUT2D eigenvalue weighted by atomic mass is 9.81. The van der Waals surface area contributed by atoms with Crippen LogP contribution < -0.4 is 5.32 Å². The average Bonchev–Trinajstić information content (AvgIpc) is 3.52. The van der Waals surface area contributed by atoms with E-state index < -0.39 is 5.60 Å². The van der Waals surface area contributed by atoms with Crippen molar-refractivity contribution in [2.24, 2.45) is 0 Å². The topological polar surface area (TPSA) is 60.8 Å². The van der Waals surface area contributed by atoms with Crippen molar-refractivity contribution >= 4 is 10.9 Å². The molecule has 2 N–H and O–H groups in total. The van der Waals surface area contributed by atoms with Crippen molar-refractivity contribution in [1.82, 2.24) is 10.3 Å². The maximum atomic E-state index is 13.7. The van der Waals surface area contributed by atoms with Crippen LogP contribution in [0.5, 0.6) is 0 Å². The predicted molar refractivity (Wildman–Crippen MR) is 150 cm³/mol. The van der Waals surface area contributed by atoms with E-state index in [2.05, 4.69) is 47.7 Å². The number of nitriles is 1. The molecule has 4 aromatic rings. The Kier molecular flexibility index (Phi) is 8.22. The monoisotopic (exact) mass is 509 g/mol. The quantitative estimate of drug-likeness (QED) is 0.197. The van der Waals surface area contributed by atoms with E-state index in [1.54, 1.807) is 0 Å². The first-order valence-corrected chi connectivity index (χ1v) is 13.9. The van der Waals surface area contributed by atoms with Gasteiger partial charge in [-0.3, -0.25) is 0 Å². The van der Waals surface area contributed by atoms with Crippen molar-refractivity contribution in [3.05, 3.63) is 106 Å². The Labute approximate surface area is 224 Å². The van der Waals surface area contributed by atoms with Gasteiger partial charge in [-0.25, -0.2) is 4.39 Å². The number of aromatic amines is 1. The van der Waals surface area contributed by atoms with Crippen LogP contribution >= 0.6 is 0 Å². The second-order valence-electron chi connectivity index (χ2n) is 10.4. The molecular formula is C33H36FN3O. The fourth-order valence-corrected chi connectivity index (χ4v) is 5.79. The van der Waals surface area contributed by atoms with Crippen LogP contribution in [-0.2, 0) is 29.8 Å². The number of H-pyrrole nitrogens is 1. The molecule has 0 bridgehead atoms. The summed E-state index contributed by atoms with van der Waals surface area (Å²) in [5, 5.41) is 14.3. The van der Waals surface area contributed by atoms with E-state index in [1.165, 1.54) is 40.6 Å². The summed E-state index contributed by atoms with van der Waals surface area (Å²) in [6.07, 6.45) is 9.44. The highest BCUT2D eigenvalue weighted by Crippen LogP contribution is 2.45. The van der Waals surface area contributed by atoms with E-state index in [9.17, 15) is 9.65 Å². The molecule has 0 radical (unpaired) electrons. The molecule has 5 rings (SSSR count). The van der Waals surface area contributed by atoms with Gasteiger partial charge in [-0.1, -0.05) is 37.6 Å². The highest BCUT2D eigenvalue weighted by atomic mass is 19.1. The van der Waals surface area contributed by atoms with Crippen molar-refractivity contribution in [3.63, 3.8) is 0 Å². The lowest BCUT2D eigenvalue weighted by molar-refractivity contribution is -0.0133. The minimum atomic E-state index is -0.594. The predicted octanol–water partition coefficient (Wildman–Crippen LogP) is 7.30. The number of aryl methyl sites for hydroxylation is 2. The second kappa shape index (κ2) is 11.9. The van der Waals surface area contributed by atoms with Gasteiger partial charge in [0.15, 0.2) is 0 Å². The number of ether oxygens (including phenoxy) is 1. The number of nitrogens with zero attached hydrogens (tertiary/aromatic N) is 1. The van der Waals surface area contributed by atoms with Gasteiger partial charge in [0.2, 0.25) is 0 Å². The number of nitrogens with one attached hydrogen (secondary N) is 2. The molecule has 4 nitrogen and oxygen atoms in total. The zero-order chi connectivity index (χ0) is 26.4. The first kappa shape index (κ1) is 26.2. The summed E-state index contributed by atoms with van der Waals surface area (Å²) in [4.78, 5) is 3.42. The Morgan fingerprint density at radius 1 is 1.00 bits per heavy atom. The molecule has 0 saturated heterocycles. The molecule has 1 aliphatic heterocycles. The van der Waals surface area contributed by atoms with Gasteiger partial charge in [0.25, 0.3) is 0 Å². The van der Waals surface area contributed by atoms with Gasteiger partial charge in [0, 0.05) is 17.1 Å². The number of hydrogen-bond donors (Lipinski definition) is 2. The summed E-state index contributed by atoms with van der Waals surface area (Å²) in [5.74, 6) is -0.250. The number of unbranched alkanes of at least 4 members (excludes halogenated alkanes) is 1. The van der Waals surface area contributed by atoms with Crippen LogP contribution in [0.4, 0.5) is 4.39 Å². The minimum Gasteiger partial charge on any atom is -0.361 e. The minimum absolute atomic E-state index is 0.250. The highest BCUT2D eigenvalue weighted by molar-refractivity contribution is 5.83.